The summed E-state index contributed by atoms with van der Waals surface area (Å²) in [6.45, 7) is 3.48. The van der Waals surface area contributed by atoms with Crippen LogP contribution in [-0.2, 0) is 4.79 Å². The van der Waals surface area contributed by atoms with Crippen LogP contribution in [0.25, 0.3) is 0 Å². The zero-order chi connectivity index (χ0) is 16.1. The average Bonchev–Trinajstić information content (AvgIpc) is 2.55. The Hall–Kier alpha value is -1.79. The summed E-state index contributed by atoms with van der Waals surface area (Å²) in [5.74, 6) is 1.39. The van der Waals surface area contributed by atoms with E-state index < -0.39 is 0 Å². The van der Waals surface area contributed by atoms with E-state index >= 15 is 0 Å². The molecule has 1 saturated heterocycles. The minimum Gasteiger partial charge on any atom is -0.493 e. The maximum atomic E-state index is 12.7. The Morgan fingerprint density at radius 1 is 1.18 bits per heavy atom. The lowest BCUT2D eigenvalue weighted by molar-refractivity contribution is -0.135. The topological polar surface area (TPSA) is 54.0 Å². The van der Waals surface area contributed by atoms with Gasteiger partial charge in [0.05, 0.1) is 14.2 Å². The molecule has 0 spiro atoms. The smallest absolute Gasteiger partial charge is 0.244 e. The Morgan fingerprint density at radius 2 is 1.82 bits per heavy atom. The van der Waals surface area contributed by atoms with Crippen LogP contribution in [0.5, 0.6) is 11.5 Å². The van der Waals surface area contributed by atoms with E-state index in [4.69, 9.17) is 9.47 Å². The Kier molecular flexibility index (Phi) is 5.63. The van der Waals surface area contributed by atoms with Gasteiger partial charge in [0, 0.05) is 40.3 Å². The maximum absolute atomic E-state index is 12.7. The fourth-order valence-electron chi connectivity index (χ4n) is 2.72. The summed E-state index contributed by atoms with van der Waals surface area (Å²) in [4.78, 5) is 16.5. The van der Waals surface area contributed by atoms with Crippen molar-refractivity contribution in [3.63, 3.8) is 0 Å². The highest BCUT2D eigenvalue weighted by molar-refractivity contribution is 5.83. The van der Waals surface area contributed by atoms with Crippen molar-refractivity contribution < 1.29 is 14.3 Å². The van der Waals surface area contributed by atoms with E-state index in [0.29, 0.717) is 11.5 Å². The number of rotatable bonds is 5. The maximum Gasteiger partial charge on any atom is 0.244 e. The number of benzene rings is 1. The Labute approximate surface area is 132 Å². The number of carbonyl (C=O) groups excluding carboxylic acids is 1. The molecule has 1 aliphatic heterocycles. The van der Waals surface area contributed by atoms with Gasteiger partial charge in [-0.1, -0.05) is 6.07 Å². The van der Waals surface area contributed by atoms with E-state index in [1.165, 1.54) is 0 Å². The van der Waals surface area contributed by atoms with Crippen molar-refractivity contribution in [1.82, 2.24) is 15.1 Å². The lowest BCUT2D eigenvalue weighted by Crippen LogP contribution is -2.49. The molecule has 0 aromatic heterocycles. The second-order valence-electron chi connectivity index (χ2n) is 5.54. The molecule has 0 saturated carbocycles. The first-order valence-electron chi connectivity index (χ1n) is 7.46. The average molecular weight is 307 g/mol. The van der Waals surface area contributed by atoms with E-state index in [9.17, 15) is 4.79 Å². The molecule has 0 aliphatic carbocycles. The molecule has 6 nitrogen and oxygen atoms in total. The van der Waals surface area contributed by atoms with Gasteiger partial charge < -0.3 is 19.7 Å². The number of piperazine rings is 1. The number of methoxy groups -OCH3 is 2. The summed E-state index contributed by atoms with van der Waals surface area (Å²) in [6.07, 6.45) is 0. The van der Waals surface area contributed by atoms with E-state index in [0.717, 1.165) is 31.7 Å². The molecule has 2 rings (SSSR count). The highest BCUT2D eigenvalue weighted by Gasteiger charge is 2.30. The quantitative estimate of drug-likeness (QED) is 0.869. The lowest BCUT2D eigenvalue weighted by atomic mass is 10.0. The van der Waals surface area contributed by atoms with Crippen LogP contribution >= 0.6 is 0 Å². The van der Waals surface area contributed by atoms with Crippen LogP contribution < -0.4 is 14.8 Å². The van der Waals surface area contributed by atoms with Crippen LogP contribution in [-0.4, -0.2) is 70.2 Å². The van der Waals surface area contributed by atoms with E-state index in [1.54, 1.807) is 33.2 Å². The normalized spacial score (nSPS) is 16.9. The van der Waals surface area contributed by atoms with Gasteiger partial charge in [-0.3, -0.25) is 9.69 Å². The Balaban J connectivity index is 2.37. The highest BCUT2D eigenvalue weighted by atomic mass is 16.5. The summed E-state index contributed by atoms with van der Waals surface area (Å²) >= 11 is 0. The number of hydrogen-bond acceptors (Lipinski definition) is 5. The molecular formula is C16H25N3O3. The summed E-state index contributed by atoms with van der Waals surface area (Å²) in [6, 6.07) is 5.39. The van der Waals surface area contributed by atoms with Crippen LogP contribution in [0, 0.1) is 0 Å². The number of amides is 1. The van der Waals surface area contributed by atoms with E-state index in [-0.39, 0.29) is 11.9 Å². The molecule has 1 unspecified atom stereocenters. The van der Waals surface area contributed by atoms with Crippen molar-refractivity contribution in [2.24, 2.45) is 0 Å². The Bertz CT molecular complexity index is 513. The van der Waals surface area contributed by atoms with Crippen molar-refractivity contribution in [1.29, 1.82) is 0 Å². The van der Waals surface area contributed by atoms with Gasteiger partial charge in [0.15, 0.2) is 11.5 Å². The molecule has 1 amide bonds. The minimum atomic E-state index is -0.295. The standard InChI is InChI=1S/C16H25N3O3/c1-18(2)16(20)15(19-9-7-17-8-10-19)12-5-6-13(21-3)14(11-12)22-4/h5-6,11,15,17H,7-10H2,1-4H3. The third-order valence-electron chi connectivity index (χ3n) is 3.91. The third-order valence-corrected chi connectivity index (χ3v) is 3.91. The summed E-state index contributed by atoms with van der Waals surface area (Å²) < 4.78 is 10.7. The van der Waals surface area contributed by atoms with Crippen LogP contribution in [0.2, 0.25) is 0 Å². The number of carbonyl (C=O) groups is 1. The Morgan fingerprint density at radius 3 is 2.36 bits per heavy atom. The molecule has 22 heavy (non-hydrogen) atoms. The number of hydrogen-bond donors (Lipinski definition) is 1. The van der Waals surface area contributed by atoms with Gasteiger partial charge in [0.1, 0.15) is 6.04 Å². The van der Waals surface area contributed by atoms with Crippen molar-refractivity contribution in [3.8, 4) is 11.5 Å². The number of nitrogens with one attached hydrogen (secondary N) is 1. The molecule has 1 aromatic carbocycles. The zero-order valence-corrected chi connectivity index (χ0v) is 13.8. The van der Waals surface area contributed by atoms with E-state index in [1.807, 2.05) is 18.2 Å². The van der Waals surface area contributed by atoms with Crippen molar-refractivity contribution in [3.05, 3.63) is 23.8 Å². The SMILES string of the molecule is COc1ccc(C(C(=O)N(C)C)N2CCNCC2)cc1OC. The van der Waals surface area contributed by atoms with Crippen LogP contribution in [0.4, 0.5) is 0 Å². The summed E-state index contributed by atoms with van der Waals surface area (Å²) in [7, 11) is 6.79. The van der Waals surface area contributed by atoms with Gasteiger partial charge in [-0.05, 0) is 17.7 Å². The largest absolute Gasteiger partial charge is 0.493 e. The van der Waals surface area contributed by atoms with Crippen LogP contribution in [0.3, 0.4) is 0 Å². The molecule has 1 fully saturated rings. The second-order valence-corrected chi connectivity index (χ2v) is 5.54. The molecule has 122 valence electrons. The van der Waals surface area contributed by atoms with Crippen molar-refractivity contribution in [2.45, 2.75) is 6.04 Å². The zero-order valence-electron chi connectivity index (χ0n) is 13.8. The molecular weight excluding hydrogens is 282 g/mol. The van der Waals surface area contributed by atoms with Gasteiger partial charge in [-0.15, -0.1) is 0 Å². The first kappa shape index (κ1) is 16.6. The molecule has 1 aliphatic rings. The predicted octanol–water partition coefficient (Wildman–Crippen LogP) is 0.738. The fourth-order valence-corrected chi connectivity index (χ4v) is 2.72. The van der Waals surface area contributed by atoms with Gasteiger partial charge in [0.25, 0.3) is 0 Å². The van der Waals surface area contributed by atoms with Crippen molar-refractivity contribution in [2.75, 3.05) is 54.5 Å². The summed E-state index contributed by atoms with van der Waals surface area (Å²) in [5, 5.41) is 3.32. The number of ether oxygens (including phenoxy) is 2. The number of nitrogens with zero attached hydrogens (tertiary/aromatic N) is 2. The van der Waals surface area contributed by atoms with Gasteiger partial charge in [-0.2, -0.15) is 0 Å². The molecule has 1 atom stereocenters. The third kappa shape index (κ3) is 3.51. The van der Waals surface area contributed by atoms with Gasteiger partial charge >= 0.3 is 0 Å². The van der Waals surface area contributed by atoms with Crippen molar-refractivity contribution >= 4 is 5.91 Å². The van der Waals surface area contributed by atoms with Gasteiger partial charge in [0.2, 0.25) is 5.91 Å². The molecule has 1 heterocycles. The molecule has 1 aromatic rings. The lowest BCUT2D eigenvalue weighted by Gasteiger charge is -2.35. The highest BCUT2D eigenvalue weighted by Crippen LogP contribution is 2.32. The minimum absolute atomic E-state index is 0.0779. The van der Waals surface area contributed by atoms with Crippen LogP contribution in [0.1, 0.15) is 11.6 Å². The molecule has 6 heteroatoms. The van der Waals surface area contributed by atoms with E-state index in [2.05, 4.69) is 10.2 Å². The second kappa shape index (κ2) is 7.47. The predicted molar refractivity (Wildman–Crippen MR) is 85.4 cm³/mol. The molecule has 1 N–H and O–H groups in total. The summed E-state index contributed by atoms with van der Waals surface area (Å²) in [5.41, 5.74) is 0.929. The van der Waals surface area contributed by atoms with Gasteiger partial charge in [-0.25, -0.2) is 0 Å². The first-order chi connectivity index (χ1) is 10.6. The molecule has 0 bridgehead atoms. The number of likely N-dealkylation sites (N-methyl/N-ethyl adjacent to an activating group) is 1. The monoisotopic (exact) mass is 307 g/mol. The molecule has 0 radical (unpaired) electrons. The first-order valence-corrected chi connectivity index (χ1v) is 7.46. The van der Waals surface area contributed by atoms with Crippen LogP contribution in [0.15, 0.2) is 18.2 Å². The fraction of sp³-hybridized carbons (Fsp3) is 0.562.